The summed E-state index contributed by atoms with van der Waals surface area (Å²) in [6.07, 6.45) is 6.95. The number of carbonyl (C=O) groups excluding carboxylic acids is 1. The Labute approximate surface area is 121 Å². The lowest BCUT2D eigenvalue weighted by molar-refractivity contribution is -0.123. The van der Waals surface area contributed by atoms with Crippen LogP contribution in [0.2, 0.25) is 0 Å². The van der Waals surface area contributed by atoms with Crippen LogP contribution in [0.5, 0.6) is 0 Å². The second-order valence-electron chi connectivity index (χ2n) is 7.20. The maximum Gasteiger partial charge on any atom is 0.234 e. The Morgan fingerprint density at radius 1 is 1.25 bits per heavy atom. The van der Waals surface area contributed by atoms with Gasteiger partial charge >= 0.3 is 0 Å². The van der Waals surface area contributed by atoms with Crippen molar-refractivity contribution in [3.05, 3.63) is 0 Å². The van der Waals surface area contributed by atoms with E-state index in [2.05, 4.69) is 17.1 Å². The molecule has 0 aromatic carbocycles. The quantitative estimate of drug-likeness (QED) is 0.818. The smallest absolute Gasteiger partial charge is 0.234 e. The minimum Gasteiger partial charge on any atom is -0.393 e. The van der Waals surface area contributed by atoms with Crippen LogP contribution in [0.15, 0.2) is 0 Å². The molecule has 2 N–H and O–H groups in total. The van der Waals surface area contributed by atoms with Crippen LogP contribution in [0.4, 0.5) is 0 Å². The molecule has 0 aromatic rings. The van der Waals surface area contributed by atoms with Gasteiger partial charge in [0.2, 0.25) is 5.91 Å². The minimum atomic E-state index is -0.165. The minimum absolute atomic E-state index is 0.164. The van der Waals surface area contributed by atoms with E-state index in [0.29, 0.717) is 18.5 Å². The van der Waals surface area contributed by atoms with Crippen molar-refractivity contribution in [2.75, 3.05) is 19.6 Å². The standard InChI is InChI=1S/C16H28N2O2/c1-11(15-9-12-2-3-13(15)8-12)17-16(20)10-18-6-4-14(19)5-7-18/h11-15,19H,2-10H2,1H3,(H,17,20). The molecule has 4 heteroatoms. The lowest BCUT2D eigenvalue weighted by Crippen LogP contribution is -2.47. The van der Waals surface area contributed by atoms with E-state index >= 15 is 0 Å². The molecular formula is C16H28N2O2. The number of nitrogens with zero attached hydrogens (tertiary/aromatic N) is 1. The summed E-state index contributed by atoms with van der Waals surface area (Å²) in [6, 6.07) is 0.327. The first-order valence-electron chi connectivity index (χ1n) is 8.31. The Balaban J connectivity index is 1.42. The molecular weight excluding hydrogens is 252 g/mol. The monoisotopic (exact) mass is 280 g/mol. The Bertz CT molecular complexity index is 352. The van der Waals surface area contributed by atoms with E-state index in [1.54, 1.807) is 0 Å². The van der Waals surface area contributed by atoms with Crippen LogP contribution in [-0.4, -0.2) is 47.7 Å². The van der Waals surface area contributed by atoms with Crippen molar-refractivity contribution in [3.8, 4) is 0 Å². The first-order valence-corrected chi connectivity index (χ1v) is 8.31. The molecule has 0 aromatic heterocycles. The van der Waals surface area contributed by atoms with Crippen molar-refractivity contribution < 1.29 is 9.90 Å². The molecule has 2 bridgehead atoms. The highest BCUT2D eigenvalue weighted by Crippen LogP contribution is 2.49. The summed E-state index contributed by atoms with van der Waals surface area (Å²) in [4.78, 5) is 14.3. The molecule has 4 unspecified atom stereocenters. The number of piperidine rings is 1. The van der Waals surface area contributed by atoms with Crippen molar-refractivity contribution >= 4 is 5.91 Å². The van der Waals surface area contributed by atoms with Gasteiger partial charge in [0.25, 0.3) is 0 Å². The summed E-state index contributed by atoms with van der Waals surface area (Å²) < 4.78 is 0. The van der Waals surface area contributed by atoms with Crippen molar-refractivity contribution in [3.63, 3.8) is 0 Å². The number of aliphatic hydroxyl groups excluding tert-OH is 1. The summed E-state index contributed by atoms with van der Waals surface area (Å²) in [5.41, 5.74) is 0. The van der Waals surface area contributed by atoms with Crippen molar-refractivity contribution in [1.29, 1.82) is 0 Å². The molecule has 2 saturated carbocycles. The lowest BCUT2D eigenvalue weighted by atomic mass is 9.84. The van der Waals surface area contributed by atoms with Crippen LogP contribution < -0.4 is 5.32 Å². The van der Waals surface area contributed by atoms with Gasteiger partial charge in [0.05, 0.1) is 12.6 Å². The molecule has 4 nitrogen and oxygen atoms in total. The molecule has 1 heterocycles. The molecule has 2 aliphatic carbocycles. The molecule has 3 rings (SSSR count). The fourth-order valence-corrected chi connectivity index (χ4v) is 4.59. The number of nitrogens with one attached hydrogen (secondary N) is 1. The second-order valence-corrected chi connectivity index (χ2v) is 7.20. The highest BCUT2D eigenvalue weighted by atomic mass is 16.3. The Hall–Kier alpha value is -0.610. The molecule has 3 fully saturated rings. The first kappa shape index (κ1) is 14.3. The number of hydrogen-bond acceptors (Lipinski definition) is 3. The zero-order valence-corrected chi connectivity index (χ0v) is 12.6. The number of aliphatic hydroxyl groups is 1. The number of amides is 1. The van der Waals surface area contributed by atoms with Crippen molar-refractivity contribution in [2.24, 2.45) is 17.8 Å². The van der Waals surface area contributed by atoms with E-state index in [0.717, 1.165) is 37.8 Å². The van der Waals surface area contributed by atoms with Crippen LogP contribution in [0, 0.1) is 17.8 Å². The SMILES string of the molecule is CC(NC(=O)CN1CCC(O)CC1)C1CC2CCC1C2. The van der Waals surface area contributed by atoms with Gasteiger partial charge in [0, 0.05) is 19.1 Å². The predicted molar refractivity (Wildman–Crippen MR) is 78.2 cm³/mol. The van der Waals surface area contributed by atoms with E-state index in [-0.39, 0.29) is 12.0 Å². The van der Waals surface area contributed by atoms with E-state index in [1.807, 2.05) is 0 Å². The van der Waals surface area contributed by atoms with Crippen LogP contribution >= 0.6 is 0 Å². The van der Waals surface area contributed by atoms with Gasteiger partial charge in [0.15, 0.2) is 0 Å². The van der Waals surface area contributed by atoms with E-state index in [9.17, 15) is 9.90 Å². The summed E-state index contributed by atoms with van der Waals surface area (Å²) in [5.74, 6) is 2.67. The van der Waals surface area contributed by atoms with Crippen LogP contribution in [-0.2, 0) is 4.79 Å². The molecule has 114 valence electrons. The van der Waals surface area contributed by atoms with Crippen LogP contribution in [0.1, 0.15) is 45.4 Å². The summed E-state index contributed by atoms with van der Waals surface area (Å²) in [6.45, 7) is 4.37. The van der Waals surface area contributed by atoms with Gasteiger partial charge in [-0.25, -0.2) is 0 Å². The van der Waals surface area contributed by atoms with Crippen molar-refractivity contribution in [1.82, 2.24) is 10.2 Å². The fraction of sp³-hybridized carbons (Fsp3) is 0.938. The second kappa shape index (κ2) is 6.02. The lowest BCUT2D eigenvalue weighted by Gasteiger charge is -2.31. The summed E-state index contributed by atoms with van der Waals surface area (Å²) in [7, 11) is 0. The van der Waals surface area contributed by atoms with Crippen molar-refractivity contribution in [2.45, 2.75) is 57.6 Å². The van der Waals surface area contributed by atoms with Gasteiger partial charge in [-0.1, -0.05) is 6.42 Å². The van der Waals surface area contributed by atoms with Crippen LogP contribution in [0.25, 0.3) is 0 Å². The average Bonchev–Trinajstić information content (AvgIpc) is 3.03. The highest BCUT2D eigenvalue weighted by molar-refractivity contribution is 5.78. The number of rotatable bonds is 4. The Morgan fingerprint density at radius 3 is 2.60 bits per heavy atom. The van der Waals surface area contributed by atoms with Gasteiger partial charge in [-0.3, -0.25) is 9.69 Å². The molecule has 1 amide bonds. The Kier molecular flexibility index (Phi) is 4.32. The third-order valence-electron chi connectivity index (χ3n) is 5.75. The van der Waals surface area contributed by atoms with Gasteiger partial charge in [-0.15, -0.1) is 0 Å². The molecule has 0 spiro atoms. The average molecular weight is 280 g/mol. The number of likely N-dealkylation sites (tertiary alicyclic amines) is 1. The first-order chi connectivity index (χ1) is 9.61. The number of hydrogen-bond donors (Lipinski definition) is 2. The number of carbonyl (C=O) groups is 1. The topological polar surface area (TPSA) is 52.6 Å². The molecule has 4 atom stereocenters. The molecule has 1 saturated heterocycles. The van der Waals surface area contributed by atoms with Gasteiger partial charge in [-0.05, 0) is 56.8 Å². The zero-order valence-electron chi connectivity index (χ0n) is 12.6. The van der Waals surface area contributed by atoms with Gasteiger partial charge in [0.1, 0.15) is 0 Å². The maximum atomic E-state index is 12.2. The van der Waals surface area contributed by atoms with Gasteiger partial charge in [-0.2, -0.15) is 0 Å². The largest absolute Gasteiger partial charge is 0.393 e. The van der Waals surface area contributed by atoms with E-state index in [1.165, 1.54) is 25.7 Å². The molecule has 20 heavy (non-hydrogen) atoms. The predicted octanol–water partition coefficient (Wildman–Crippen LogP) is 1.38. The molecule has 3 aliphatic rings. The fourth-order valence-electron chi connectivity index (χ4n) is 4.59. The highest BCUT2D eigenvalue weighted by Gasteiger charge is 2.42. The van der Waals surface area contributed by atoms with Gasteiger partial charge < -0.3 is 10.4 Å². The third kappa shape index (κ3) is 3.17. The summed E-state index contributed by atoms with van der Waals surface area (Å²) in [5, 5.41) is 12.7. The van der Waals surface area contributed by atoms with E-state index < -0.39 is 0 Å². The third-order valence-corrected chi connectivity index (χ3v) is 5.75. The number of fused-ring (bicyclic) bond motifs is 2. The van der Waals surface area contributed by atoms with Crippen LogP contribution in [0.3, 0.4) is 0 Å². The Morgan fingerprint density at radius 2 is 2.00 bits per heavy atom. The zero-order chi connectivity index (χ0) is 14.1. The molecule has 1 aliphatic heterocycles. The molecule has 0 radical (unpaired) electrons. The normalized spacial score (nSPS) is 36.2. The van der Waals surface area contributed by atoms with E-state index in [4.69, 9.17) is 0 Å². The maximum absolute atomic E-state index is 12.2. The summed E-state index contributed by atoms with van der Waals surface area (Å²) >= 11 is 0.